The molecular formula is C29H26N2O8. The molecule has 1 unspecified atom stereocenters. The molecule has 0 aliphatic heterocycles. The topological polar surface area (TPSA) is 182 Å². The van der Waals surface area contributed by atoms with Gasteiger partial charge in [-0.1, -0.05) is 17.9 Å². The van der Waals surface area contributed by atoms with Crippen LogP contribution in [0.25, 0.3) is 5.76 Å². The quantitative estimate of drug-likeness (QED) is 0.248. The molecule has 3 aliphatic carbocycles. The Morgan fingerprint density at radius 3 is 2.44 bits per heavy atom. The molecule has 10 nitrogen and oxygen atoms in total. The minimum absolute atomic E-state index is 0.0205. The van der Waals surface area contributed by atoms with Gasteiger partial charge in [0.15, 0.2) is 11.4 Å². The largest absolute Gasteiger partial charge is 0.508 e. The van der Waals surface area contributed by atoms with Crippen molar-refractivity contribution in [2.45, 2.75) is 24.9 Å². The van der Waals surface area contributed by atoms with E-state index >= 15 is 0 Å². The number of hydrogen-bond donors (Lipinski definition) is 6. The fourth-order valence-electron chi connectivity index (χ4n) is 5.89. The number of aliphatic hydroxyl groups excluding tert-OH is 2. The Bertz CT molecular complexity index is 1610. The molecule has 10 heteroatoms. The predicted molar refractivity (Wildman–Crippen MR) is 140 cm³/mol. The number of primary amides is 1. The van der Waals surface area contributed by atoms with Crippen LogP contribution in [0.4, 0.5) is 5.69 Å². The lowest BCUT2D eigenvalue weighted by molar-refractivity contribution is -0.147. The van der Waals surface area contributed by atoms with E-state index in [1.807, 2.05) is 0 Å². The number of carbonyl (C=O) groups is 3. The van der Waals surface area contributed by atoms with Crippen LogP contribution < -0.4 is 10.6 Å². The van der Waals surface area contributed by atoms with Crippen molar-refractivity contribution in [2.75, 3.05) is 19.0 Å². The summed E-state index contributed by atoms with van der Waals surface area (Å²) in [5.41, 5.74) is 3.32. The van der Waals surface area contributed by atoms with Gasteiger partial charge in [0.25, 0.3) is 5.91 Å². The lowest BCUT2D eigenvalue weighted by Crippen LogP contribution is -2.58. The van der Waals surface area contributed by atoms with Crippen molar-refractivity contribution in [3.63, 3.8) is 0 Å². The van der Waals surface area contributed by atoms with Crippen LogP contribution in [0.3, 0.4) is 0 Å². The first-order chi connectivity index (χ1) is 18.4. The number of rotatable bonds is 2. The van der Waals surface area contributed by atoms with E-state index in [1.165, 1.54) is 12.1 Å². The van der Waals surface area contributed by atoms with Gasteiger partial charge in [-0.2, -0.15) is 0 Å². The van der Waals surface area contributed by atoms with Gasteiger partial charge in [-0.3, -0.25) is 14.4 Å². The Labute approximate surface area is 223 Å². The number of fused-ring (bicyclic) bond motifs is 3. The van der Waals surface area contributed by atoms with Crippen LogP contribution in [0.5, 0.6) is 11.5 Å². The fraction of sp³-hybridized carbons (Fsp3) is 0.276. The average molecular weight is 531 g/mol. The summed E-state index contributed by atoms with van der Waals surface area (Å²) < 4.78 is 0. The van der Waals surface area contributed by atoms with Gasteiger partial charge in [0.1, 0.15) is 28.6 Å². The predicted octanol–water partition coefficient (Wildman–Crippen LogP) is 1.60. The first-order valence-electron chi connectivity index (χ1n) is 12.2. The molecule has 1 saturated carbocycles. The standard InChI is InChI=1S/C29H26N2O8/c1-31(2)19-11-14(7-6-13-4-3-5-17(32)8-13)24(34)22-18(19)10-15-9-16-12-20(33)23(28(30)38)27(37)29(16,39)26(36)21(15)25(22)35/h3-5,8,11,15-16,32,34-35,37,39H,9-10,12H2,1-2H3,(H2,30,38)/t15?,16-,29-/m0/s1. The van der Waals surface area contributed by atoms with Gasteiger partial charge in [0.05, 0.1) is 11.1 Å². The van der Waals surface area contributed by atoms with E-state index in [0.717, 1.165) is 0 Å². The second-order valence-corrected chi connectivity index (χ2v) is 10.2. The summed E-state index contributed by atoms with van der Waals surface area (Å²) in [5.74, 6) is -1.11. The number of hydrogen-bond acceptors (Lipinski definition) is 9. The second kappa shape index (κ2) is 8.92. The van der Waals surface area contributed by atoms with E-state index in [-0.39, 0.29) is 47.5 Å². The van der Waals surface area contributed by atoms with E-state index in [9.17, 15) is 39.9 Å². The summed E-state index contributed by atoms with van der Waals surface area (Å²) in [4.78, 5) is 39.8. The van der Waals surface area contributed by atoms with E-state index in [4.69, 9.17) is 5.73 Å². The molecule has 0 spiro atoms. The summed E-state index contributed by atoms with van der Waals surface area (Å²) in [6.45, 7) is 0. The zero-order chi connectivity index (χ0) is 28.4. The smallest absolute Gasteiger partial charge is 0.255 e. The third kappa shape index (κ3) is 3.82. The molecule has 0 aromatic heterocycles. The molecule has 0 saturated heterocycles. The van der Waals surface area contributed by atoms with Gasteiger partial charge in [0.2, 0.25) is 5.78 Å². The van der Waals surface area contributed by atoms with E-state index in [2.05, 4.69) is 11.8 Å². The molecule has 5 rings (SSSR count). The summed E-state index contributed by atoms with van der Waals surface area (Å²) in [5, 5.41) is 54.4. The SMILES string of the molecule is CN(C)c1cc(C#Cc2cccc(O)c2)c(O)c2c1CC1C[C@H]3CC(=O)C(C(N)=O)=C(O)[C@@]3(O)C(=O)C1=C2O. The van der Waals surface area contributed by atoms with Crippen LogP contribution in [0.2, 0.25) is 0 Å². The summed E-state index contributed by atoms with van der Waals surface area (Å²) in [6, 6.07) is 7.89. The summed E-state index contributed by atoms with van der Waals surface area (Å²) in [6.07, 6.45) is -0.136. The maximum Gasteiger partial charge on any atom is 0.255 e. The molecule has 2 aromatic carbocycles. The third-order valence-electron chi connectivity index (χ3n) is 7.71. The zero-order valence-electron chi connectivity index (χ0n) is 21.1. The molecule has 0 radical (unpaired) electrons. The highest BCUT2D eigenvalue weighted by Gasteiger charge is 2.60. The molecule has 200 valence electrons. The number of phenols is 2. The molecule has 1 fully saturated rings. The molecule has 3 atom stereocenters. The molecule has 0 heterocycles. The first-order valence-corrected chi connectivity index (χ1v) is 12.2. The minimum Gasteiger partial charge on any atom is -0.508 e. The minimum atomic E-state index is -2.62. The molecule has 7 N–H and O–H groups in total. The van der Waals surface area contributed by atoms with E-state index in [1.54, 1.807) is 37.2 Å². The Kier molecular flexibility index (Phi) is 5.92. The Morgan fingerprint density at radius 2 is 1.79 bits per heavy atom. The number of aromatic hydroxyl groups is 2. The zero-order valence-corrected chi connectivity index (χ0v) is 21.1. The number of phenolic OH excluding ortho intramolecular Hbond substituents is 2. The Balaban J connectivity index is 1.70. The molecule has 1 amide bonds. The van der Waals surface area contributed by atoms with Gasteiger partial charge in [-0.05, 0) is 48.6 Å². The second-order valence-electron chi connectivity index (χ2n) is 10.2. The number of anilines is 1. The van der Waals surface area contributed by atoms with Crippen LogP contribution in [-0.4, -0.2) is 62.7 Å². The van der Waals surface area contributed by atoms with Gasteiger partial charge in [-0.25, -0.2) is 0 Å². The summed E-state index contributed by atoms with van der Waals surface area (Å²) in [7, 11) is 3.54. The van der Waals surface area contributed by atoms with Crippen molar-refractivity contribution in [3.8, 4) is 23.3 Å². The number of ketones is 2. The lowest BCUT2D eigenvalue weighted by Gasteiger charge is -2.46. The Hall–Kier alpha value is -4.75. The van der Waals surface area contributed by atoms with Crippen molar-refractivity contribution >= 4 is 28.9 Å². The molecule has 3 aliphatic rings. The maximum atomic E-state index is 13.7. The lowest BCUT2D eigenvalue weighted by atomic mass is 9.59. The number of nitrogens with zero attached hydrogens (tertiary/aromatic N) is 1. The van der Waals surface area contributed by atoms with Crippen LogP contribution in [0.1, 0.15) is 35.1 Å². The molecular weight excluding hydrogens is 504 g/mol. The number of amides is 1. The van der Waals surface area contributed by atoms with Crippen molar-refractivity contribution in [1.29, 1.82) is 0 Å². The van der Waals surface area contributed by atoms with Crippen molar-refractivity contribution in [2.24, 2.45) is 17.6 Å². The van der Waals surface area contributed by atoms with Crippen molar-refractivity contribution in [1.82, 2.24) is 0 Å². The van der Waals surface area contributed by atoms with Crippen LogP contribution in [-0.2, 0) is 20.8 Å². The normalized spacial score (nSPS) is 23.9. The summed E-state index contributed by atoms with van der Waals surface area (Å²) >= 11 is 0. The fourth-order valence-corrected chi connectivity index (χ4v) is 5.89. The van der Waals surface area contributed by atoms with Gasteiger partial charge < -0.3 is 36.2 Å². The highest BCUT2D eigenvalue weighted by atomic mass is 16.3. The molecule has 0 bridgehead atoms. The average Bonchev–Trinajstić information content (AvgIpc) is 2.85. The van der Waals surface area contributed by atoms with E-state index < -0.39 is 52.0 Å². The first kappa shape index (κ1) is 25.9. The molecule has 39 heavy (non-hydrogen) atoms. The van der Waals surface area contributed by atoms with Gasteiger partial charge >= 0.3 is 0 Å². The number of aliphatic hydroxyl groups is 3. The van der Waals surface area contributed by atoms with Gasteiger partial charge in [-0.15, -0.1) is 0 Å². The van der Waals surface area contributed by atoms with Gasteiger partial charge in [0, 0.05) is 43.3 Å². The highest BCUT2D eigenvalue weighted by molar-refractivity contribution is 6.22. The highest BCUT2D eigenvalue weighted by Crippen LogP contribution is 2.53. The van der Waals surface area contributed by atoms with Crippen LogP contribution in [0, 0.1) is 23.7 Å². The third-order valence-corrected chi connectivity index (χ3v) is 7.71. The number of carbonyl (C=O) groups excluding carboxylic acids is 3. The van der Waals surface area contributed by atoms with Crippen molar-refractivity contribution in [3.05, 3.63) is 69.5 Å². The monoisotopic (exact) mass is 530 g/mol. The van der Waals surface area contributed by atoms with Crippen LogP contribution in [0.15, 0.2) is 47.2 Å². The van der Waals surface area contributed by atoms with Crippen molar-refractivity contribution < 1.29 is 39.9 Å². The van der Waals surface area contributed by atoms with Crippen LogP contribution >= 0.6 is 0 Å². The number of Topliss-reactive ketones (excluding diaryl/α,β-unsaturated/α-hetero) is 2. The number of benzene rings is 2. The number of nitrogens with two attached hydrogens (primary N) is 1. The Morgan fingerprint density at radius 1 is 1.08 bits per heavy atom. The maximum absolute atomic E-state index is 13.7. The van der Waals surface area contributed by atoms with E-state index in [0.29, 0.717) is 16.8 Å². The molecule has 2 aromatic rings.